The zero-order chi connectivity index (χ0) is 13.8. The van der Waals surface area contributed by atoms with Crippen molar-refractivity contribution in [3.63, 3.8) is 0 Å². The lowest BCUT2D eigenvalue weighted by atomic mass is 10.0. The fraction of sp³-hybridized carbons (Fsp3) is 0.154. The number of benzene rings is 1. The number of aliphatic hydroxyl groups excluding tert-OH is 1. The number of ether oxygens (including phenoxy) is 1. The van der Waals surface area contributed by atoms with Gasteiger partial charge in [-0.3, -0.25) is 10.1 Å². The molecule has 0 fully saturated rings. The average Bonchev–Trinajstić information content (AvgIpc) is 2.46. The maximum atomic E-state index is 10.9. The lowest BCUT2D eigenvalue weighted by Crippen LogP contribution is -2.04. The van der Waals surface area contributed by atoms with Crippen LogP contribution in [-0.2, 0) is 0 Å². The van der Waals surface area contributed by atoms with Crippen LogP contribution in [0.4, 0.5) is 5.69 Å². The molecule has 0 aliphatic heterocycles. The first kappa shape index (κ1) is 13.0. The zero-order valence-corrected chi connectivity index (χ0v) is 10.2. The number of rotatable bonds is 4. The highest BCUT2D eigenvalue weighted by Crippen LogP contribution is 2.29. The molecule has 1 N–H and O–H groups in total. The van der Waals surface area contributed by atoms with Crippen molar-refractivity contribution >= 4 is 5.69 Å². The number of methoxy groups -OCH3 is 1. The number of hydrogen-bond donors (Lipinski definition) is 1. The van der Waals surface area contributed by atoms with Gasteiger partial charge in [0.15, 0.2) is 0 Å². The van der Waals surface area contributed by atoms with E-state index in [0.29, 0.717) is 11.4 Å². The Morgan fingerprint density at radius 3 is 2.63 bits per heavy atom. The van der Waals surface area contributed by atoms with Crippen LogP contribution in [0, 0.1) is 10.1 Å². The first-order chi connectivity index (χ1) is 9.13. The van der Waals surface area contributed by atoms with Crippen LogP contribution in [0.2, 0.25) is 0 Å². The molecule has 2 aromatic rings. The second-order valence-electron chi connectivity index (χ2n) is 3.85. The average molecular weight is 260 g/mol. The Labute approximate surface area is 109 Å². The van der Waals surface area contributed by atoms with Crippen molar-refractivity contribution in [3.8, 4) is 5.88 Å². The van der Waals surface area contributed by atoms with Gasteiger partial charge in [-0.2, -0.15) is 0 Å². The molecule has 98 valence electrons. The summed E-state index contributed by atoms with van der Waals surface area (Å²) in [5.41, 5.74) is 0.584. The van der Waals surface area contributed by atoms with Gasteiger partial charge < -0.3 is 9.84 Å². The molecule has 6 heteroatoms. The number of para-hydroxylation sites is 1. The maximum absolute atomic E-state index is 10.9. The molecule has 0 aliphatic rings. The molecule has 0 spiro atoms. The highest BCUT2D eigenvalue weighted by atomic mass is 16.6. The topological polar surface area (TPSA) is 85.5 Å². The van der Waals surface area contributed by atoms with Gasteiger partial charge in [-0.25, -0.2) is 4.98 Å². The SMILES string of the molecule is COc1ccc(C(O)c2ccccc2[N+](=O)[O-])cn1. The van der Waals surface area contributed by atoms with Gasteiger partial charge in [0.2, 0.25) is 5.88 Å². The number of nitro benzene ring substituents is 1. The van der Waals surface area contributed by atoms with E-state index >= 15 is 0 Å². The normalized spacial score (nSPS) is 11.9. The van der Waals surface area contributed by atoms with Crippen LogP contribution in [0.3, 0.4) is 0 Å². The fourth-order valence-electron chi connectivity index (χ4n) is 1.74. The van der Waals surface area contributed by atoms with E-state index in [-0.39, 0.29) is 11.3 Å². The summed E-state index contributed by atoms with van der Waals surface area (Å²) in [6, 6.07) is 9.28. The highest BCUT2D eigenvalue weighted by molar-refractivity contribution is 5.44. The fourth-order valence-corrected chi connectivity index (χ4v) is 1.74. The molecule has 0 amide bonds. The third-order valence-corrected chi connectivity index (χ3v) is 2.71. The van der Waals surface area contributed by atoms with E-state index < -0.39 is 11.0 Å². The Morgan fingerprint density at radius 1 is 1.32 bits per heavy atom. The minimum absolute atomic E-state index is 0.120. The molecule has 1 aromatic heterocycles. The van der Waals surface area contributed by atoms with Crippen molar-refractivity contribution in [2.24, 2.45) is 0 Å². The summed E-state index contributed by atoms with van der Waals surface area (Å²) in [5.74, 6) is 0.415. The summed E-state index contributed by atoms with van der Waals surface area (Å²) in [6.45, 7) is 0. The molecule has 1 unspecified atom stereocenters. The van der Waals surface area contributed by atoms with Gasteiger partial charge in [-0.15, -0.1) is 0 Å². The monoisotopic (exact) mass is 260 g/mol. The number of nitro groups is 1. The molecule has 6 nitrogen and oxygen atoms in total. The van der Waals surface area contributed by atoms with E-state index in [9.17, 15) is 15.2 Å². The number of aromatic nitrogens is 1. The number of nitrogens with zero attached hydrogens (tertiary/aromatic N) is 2. The maximum Gasteiger partial charge on any atom is 0.275 e. The number of hydrogen-bond acceptors (Lipinski definition) is 5. The molecule has 0 radical (unpaired) electrons. The lowest BCUT2D eigenvalue weighted by Gasteiger charge is -2.11. The molecule has 1 atom stereocenters. The van der Waals surface area contributed by atoms with Crippen LogP contribution < -0.4 is 4.74 Å². The highest BCUT2D eigenvalue weighted by Gasteiger charge is 2.21. The second kappa shape index (κ2) is 5.45. The van der Waals surface area contributed by atoms with E-state index in [1.165, 1.54) is 25.4 Å². The first-order valence-electron chi connectivity index (χ1n) is 5.55. The van der Waals surface area contributed by atoms with Crippen molar-refractivity contribution in [1.29, 1.82) is 0 Å². The minimum Gasteiger partial charge on any atom is -0.481 e. The Morgan fingerprint density at radius 2 is 2.05 bits per heavy atom. The molecule has 19 heavy (non-hydrogen) atoms. The third-order valence-electron chi connectivity index (χ3n) is 2.71. The van der Waals surface area contributed by atoms with Gasteiger partial charge in [0.05, 0.1) is 17.6 Å². The Hall–Kier alpha value is -2.47. The summed E-state index contributed by atoms with van der Waals surface area (Å²) < 4.78 is 4.92. The van der Waals surface area contributed by atoms with Crippen LogP contribution in [0.25, 0.3) is 0 Å². The largest absolute Gasteiger partial charge is 0.481 e. The summed E-state index contributed by atoms with van der Waals surface area (Å²) in [7, 11) is 1.49. The van der Waals surface area contributed by atoms with Crippen molar-refractivity contribution in [2.75, 3.05) is 7.11 Å². The molecule has 0 saturated heterocycles. The van der Waals surface area contributed by atoms with E-state index in [2.05, 4.69) is 4.98 Å². The lowest BCUT2D eigenvalue weighted by molar-refractivity contribution is -0.386. The van der Waals surface area contributed by atoms with Gasteiger partial charge >= 0.3 is 0 Å². The van der Waals surface area contributed by atoms with Gasteiger partial charge in [0.25, 0.3) is 5.69 Å². The van der Waals surface area contributed by atoms with Crippen LogP contribution >= 0.6 is 0 Å². The van der Waals surface area contributed by atoms with Crippen molar-refractivity contribution < 1.29 is 14.8 Å². The molecule has 2 rings (SSSR count). The quantitative estimate of drug-likeness (QED) is 0.672. The minimum atomic E-state index is -1.10. The summed E-state index contributed by atoms with van der Waals surface area (Å²) in [5, 5.41) is 21.1. The van der Waals surface area contributed by atoms with Crippen molar-refractivity contribution in [3.05, 3.63) is 63.8 Å². The van der Waals surface area contributed by atoms with Crippen LogP contribution in [-0.4, -0.2) is 22.1 Å². The Bertz CT molecular complexity index is 583. The van der Waals surface area contributed by atoms with Crippen molar-refractivity contribution in [1.82, 2.24) is 4.98 Å². The molecule has 0 bridgehead atoms. The number of aliphatic hydroxyl groups is 1. The van der Waals surface area contributed by atoms with Crippen LogP contribution in [0.5, 0.6) is 5.88 Å². The van der Waals surface area contributed by atoms with Crippen LogP contribution in [0.15, 0.2) is 42.6 Å². The molecule has 0 saturated carbocycles. The Kier molecular flexibility index (Phi) is 3.72. The number of pyridine rings is 1. The summed E-state index contributed by atoms with van der Waals surface area (Å²) in [4.78, 5) is 14.4. The predicted octanol–water partition coefficient (Wildman–Crippen LogP) is 2.08. The summed E-state index contributed by atoms with van der Waals surface area (Å²) >= 11 is 0. The smallest absolute Gasteiger partial charge is 0.275 e. The summed E-state index contributed by atoms with van der Waals surface area (Å²) in [6.07, 6.45) is 0.334. The van der Waals surface area contributed by atoms with Crippen LogP contribution in [0.1, 0.15) is 17.2 Å². The molecule has 1 aromatic carbocycles. The van der Waals surface area contributed by atoms with E-state index in [0.717, 1.165) is 0 Å². The van der Waals surface area contributed by atoms with Gasteiger partial charge in [-0.05, 0) is 12.1 Å². The second-order valence-corrected chi connectivity index (χ2v) is 3.85. The van der Waals surface area contributed by atoms with E-state index in [4.69, 9.17) is 4.74 Å². The first-order valence-corrected chi connectivity index (χ1v) is 5.55. The zero-order valence-electron chi connectivity index (χ0n) is 10.2. The predicted molar refractivity (Wildman–Crippen MR) is 67.9 cm³/mol. The van der Waals surface area contributed by atoms with Gasteiger partial charge in [-0.1, -0.05) is 12.1 Å². The molecular weight excluding hydrogens is 248 g/mol. The molecule has 1 heterocycles. The Balaban J connectivity index is 2.37. The van der Waals surface area contributed by atoms with Gasteiger partial charge in [0, 0.05) is 23.9 Å². The van der Waals surface area contributed by atoms with Crippen molar-refractivity contribution in [2.45, 2.75) is 6.10 Å². The standard InChI is InChI=1S/C13H12N2O4/c1-19-12-7-6-9(8-14-12)13(16)10-4-2-3-5-11(10)15(17)18/h2-8,13,16H,1H3. The molecular formula is C13H12N2O4. The third kappa shape index (κ3) is 2.69. The van der Waals surface area contributed by atoms with Gasteiger partial charge in [0.1, 0.15) is 6.10 Å². The van der Waals surface area contributed by atoms with E-state index in [1.54, 1.807) is 24.3 Å². The van der Waals surface area contributed by atoms with E-state index in [1.807, 2.05) is 0 Å². The molecule has 0 aliphatic carbocycles.